The molecule has 34 heavy (non-hydrogen) atoms. The molecule has 0 saturated carbocycles. The van der Waals surface area contributed by atoms with E-state index >= 15 is 0 Å². The summed E-state index contributed by atoms with van der Waals surface area (Å²) in [5.74, 6) is -2.75. The molecule has 1 saturated heterocycles. The van der Waals surface area contributed by atoms with E-state index in [4.69, 9.17) is 4.74 Å². The highest BCUT2D eigenvalue weighted by molar-refractivity contribution is 9.11. The molecule has 0 aromatic heterocycles. The molecular formula is C21H18Br4O9. The van der Waals surface area contributed by atoms with E-state index in [1.54, 1.807) is 0 Å². The van der Waals surface area contributed by atoms with E-state index < -0.39 is 66.9 Å². The van der Waals surface area contributed by atoms with Crippen LogP contribution in [0.15, 0.2) is 24.0 Å². The Hall–Kier alpha value is -0.610. The van der Waals surface area contributed by atoms with Gasteiger partial charge < -0.3 is 40.5 Å². The van der Waals surface area contributed by atoms with E-state index in [0.29, 0.717) is 4.47 Å². The van der Waals surface area contributed by atoms with E-state index in [9.17, 15) is 40.5 Å². The van der Waals surface area contributed by atoms with Crippen molar-refractivity contribution in [2.45, 2.75) is 43.0 Å². The molecule has 0 unspecified atom stereocenters. The van der Waals surface area contributed by atoms with Gasteiger partial charge in [0.25, 0.3) is 0 Å². The molecule has 0 amide bonds. The lowest BCUT2D eigenvalue weighted by molar-refractivity contribution is -0.232. The number of phenolic OH excluding ortho intramolecular Hbond substituents is 2. The van der Waals surface area contributed by atoms with Gasteiger partial charge in [-0.3, -0.25) is 4.79 Å². The van der Waals surface area contributed by atoms with Crippen LogP contribution in [0.1, 0.15) is 38.5 Å². The second-order valence-corrected chi connectivity index (χ2v) is 11.3. The Balaban J connectivity index is 2.11. The second kappa shape index (κ2) is 9.69. The number of rotatable bonds is 3. The third-order valence-electron chi connectivity index (χ3n) is 6.22. The molecule has 6 atom stereocenters. The summed E-state index contributed by atoms with van der Waals surface area (Å²) in [6, 6.07) is 1.49. The van der Waals surface area contributed by atoms with Crippen LogP contribution in [0.25, 0.3) is 0 Å². The quantitative estimate of drug-likeness (QED) is 0.250. The number of phenols is 2. The smallest absolute Gasteiger partial charge is 0.201 e. The molecule has 4 rings (SSSR count). The zero-order valence-corrected chi connectivity index (χ0v) is 23.3. The van der Waals surface area contributed by atoms with Gasteiger partial charge in [0, 0.05) is 20.4 Å². The summed E-state index contributed by atoms with van der Waals surface area (Å²) in [5.41, 5.74) is 0.134. The molecule has 1 fully saturated rings. The molecule has 184 valence electrons. The van der Waals surface area contributed by atoms with Crippen molar-refractivity contribution in [1.29, 1.82) is 0 Å². The van der Waals surface area contributed by atoms with Gasteiger partial charge in [0.2, 0.25) is 5.78 Å². The molecule has 7 N–H and O–H groups in total. The number of fused-ring (bicyclic) bond motifs is 2. The number of aliphatic hydroxyl groups is 5. The summed E-state index contributed by atoms with van der Waals surface area (Å²) < 4.78 is 6.64. The molecule has 9 nitrogen and oxygen atoms in total. The van der Waals surface area contributed by atoms with Crippen LogP contribution in [-0.4, -0.2) is 78.7 Å². The van der Waals surface area contributed by atoms with Gasteiger partial charge >= 0.3 is 0 Å². The summed E-state index contributed by atoms with van der Waals surface area (Å²) in [6.45, 7) is -1.20. The maximum atomic E-state index is 13.6. The fourth-order valence-corrected chi connectivity index (χ4v) is 7.54. The molecule has 2 aliphatic rings. The van der Waals surface area contributed by atoms with Crippen molar-refractivity contribution in [2.24, 2.45) is 0 Å². The average Bonchev–Trinajstić information content (AvgIpc) is 2.80. The molecule has 1 aliphatic carbocycles. The Kier molecular flexibility index (Phi) is 7.54. The first kappa shape index (κ1) is 26.5. The normalized spacial score (nSPS) is 28.6. The van der Waals surface area contributed by atoms with Crippen LogP contribution in [0.5, 0.6) is 11.5 Å². The van der Waals surface area contributed by atoms with E-state index in [1.165, 1.54) is 6.07 Å². The Bertz CT molecular complexity index is 1190. The lowest BCUT2D eigenvalue weighted by Gasteiger charge is -2.45. The van der Waals surface area contributed by atoms with Crippen LogP contribution >= 0.6 is 63.7 Å². The number of ketones is 1. The number of aromatic hydroxyl groups is 2. The SMILES string of the molecule is O=C1c2c(O)c(Br)cc(Br)c2[C@H]([C@@H]2O[C@H](CO)[C@@H](O)[C@H](O)[C@H]2O)c2c(Br)c(CO)c(Br)c(O)c21. The lowest BCUT2D eigenvalue weighted by atomic mass is 9.71. The Labute approximate surface area is 226 Å². The zero-order chi connectivity index (χ0) is 25.2. The molecule has 0 radical (unpaired) electrons. The highest BCUT2D eigenvalue weighted by Crippen LogP contribution is 2.55. The summed E-state index contributed by atoms with van der Waals surface area (Å²) in [4.78, 5) is 13.6. The van der Waals surface area contributed by atoms with Gasteiger partial charge in [-0.25, -0.2) is 0 Å². The first-order valence-electron chi connectivity index (χ1n) is 9.87. The number of hydrogen-bond acceptors (Lipinski definition) is 9. The first-order chi connectivity index (χ1) is 16.0. The van der Waals surface area contributed by atoms with Gasteiger partial charge in [0.05, 0.1) is 39.4 Å². The Morgan fingerprint density at radius 3 is 2.03 bits per heavy atom. The molecule has 13 heteroatoms. The van der Waals surface area contributed by atoms with Gasteiger partial charge in [-0.15, -0.1) is 0 Å². The summed E-state index contributed by atoms with van der Waals surface area (Å²) in [7, 11) is 0. The molecule has 1 aliphatic heterocycles. The lowest BCUT2D eigenvalue weighted by Crippen LogP contribution is -2.60. The fraction of sp³-hybridized carbons (Fsp3) is 0.381. The predicted octanol–water partition coefficient (Wildman–Crippen LogP) is 2.16. The molecule has 2 aromatic rings. The van der Waals surface area contributed by atoms with Gasteiger partial charge in [-0.1, -0.05) is 31.9 Å². The molecule has 2 aromatic carbocycles. The van der Waals surface area contributed by atoms with Gasteiger partial charge in [-0.05, 0) is 49.1 Å². The molecule has 0 spiro atoms. The van der Waals surface area contributed by atoms with Crippen molar-refractivity contribution in [1.82, 2.24) is 0 Å². The maximum Gasteiger partial charge on any atom is 0.201 e. The van der Waals surface area contributed by atoms with Gasteiger partial charge in [0.1, 0.15) is 35.9 Å². The number of ether oxygens (including phenoxy) is 1. The first-order valence-corrected chi connectivity index (χ1v) is 13.0. The van der Waals surface area contributed by atoms with E-state index in [2.05, 4.69) is 63.7 Å². The van der Waals surface area contributed by atoms with E-state index in [0.717, 1.165) is 0 Å². The molecular weight excluding hydrogens is 716 g/mol. The number of carbonyl (C=O) groups is 1. The third kappa shape index (κ3) is 3.80. The highest BCUT2D eigenvalue weighted by atomic mass is 79.9. The zero-order valence-electron chi connectivity index (χ0n) is 16.9. The van der Waals surface area contributed by atoms with E-state index in [-0.39, 0.29) is 41.2 Å². The van der Waals surface area contributed by atoms with Crippen LogP contribution in [0, 0.1) is 0 Å². The van der Waals surface area contributed by atoms with Crippen molar-refractivity contribution in [3.05, 3.63) is 51.8 Å². The van der Waals surface area contributed by atoms with Gasteiger partial charge in [-0.2, -0.15) is 0 Å². The molecule has 0 bridgehead atoms. The van der Waals surface area contributed by atoms with Crippen molar-refractivity contribution in [3.8, 4) is 11.5 Å². The second-order valence-electron chi connectivity index (χ2n) is 7.98. The minimum atomic E-state index is -1.71. The van der Waals surface area contributed by atoms with Crippen molar-refractivity contribution in [2.75, 3.05) is 6.61 Å². The van der Waals surface area contributed by atoms with E-state index in [1.807, 2.05) is 0 Å². The van der Waals surface area contributed by atoms with Crippen molar-refractivity contribution in [3.63, 3.8) is 0 Å². The average molecular weight is 734 g/mol. The Morgan fingerprint density at radius 2 is 1.44 bits per heavy atom. The largest absolute Gasteiger partial charge is 0.506 e. The third-order valence-corrected chi connectivity index (χ3v) is 9.24. The summed E-state index contributed by atoms with van der Waals surface area (Å²) in [6.07, 6.45) is -7.60. The summed E-state index contributed by atoms with van der Waals surface area (Å²) >= 11 is 13.2. The van der Waals surface area contributed by atoms with Crippen molar-refractivity contribution < 1.29 is 45.3 Å². The standard InChI is InChI=1S/C21H18Br4O9/c22-5-1-6(23)15(28)11-8(5)10(21-20(33)19(32)16(29)7(3-27)34-21)9-12(17(11)30)18(31)14(25)4(2-26)13(9)24/h1,7,10,16,19-21,26-29,31-33H,2-3H2/t7-,10+,16-,19+,20-,21+/m1/s1. The predicted molar refractivity (Wildman–Crippen MR) is 132 cm³/mol. The topological polar surface area (TPSA) is 168 Å². The van der Waals surface area contributed by atoms with Gasteiger partial charge in [0.15, 0.2) is 0 Å². The number of aliphatic hydroxyl groups excluding tert-OH is 5. The highest BCUT2D eigenvalue weighted by Gasteiger charge is 2.52. The summed E-state index contributed by atoms with van der Waals surface area (Å²) in [5, 5.41) is 73.0. The van der Waals surface area contributed by atoms with Crippen LogP contribution in [0.3, 0.4) is 0 Å². The van der Waals surface area contributed by atoms with Crippen LogP contribution in [0.2, 0.25) is 0 Å². The van der Waals surface area contributed by atoms with Crippen molar-refractivity contribution >= 4 is 69.5 Å². The Morgan fingerprint density at radius 1 is 0.824 bits per heavy atom. The maximum absolute atomic E-state index is 13.6. The minimum Gasteiger partial charge on any atom is -0.506 e. The minimum absolute atomic E-state index is 0.0542. The monoisotopic (exact) mass is 730 g/mol. The molecule has 1 heterocycles. The fourth-order valence-electron chi connectivity index (χ4n) is 4.57. The number of halogens is 4. The number of carbonyl (C=O) groups excluding carboxylic acids is 1. The number of hydrogen-bond donors (Lipinski definition) is 7. The number of benzene rings is 2. The van der Waals surface area contributed by atoms with Crippen LogP contribution in [0.4, 0.5) is 0 Å². The van der Waals surface area contributed by atoms with Crippen LogP contribution in [-0.2, 0) is 11.3 Å². The van der Waals surface area contributed by atoms with Crippen LogP contribution < -0.4 is 0 Å².